The van der Waals surface area contributed by atoms with Crippen LogP contribution in [-0.4, -0.2) is 56.7 Å². The molecule has 30 heavy (non-hydrogen) atoms. The highest BCUT2D eigenvalue weighted by molar-refractivity contribution is 6.39. The Balaban J connectivity index is 1.67. The number of carbonyl (C=O) groups excluding carboxylic acids is 2. The van der Waals surface area contributed by atoms with Crippen LogP contribution in [0.4, 0.5) is 5.69 Å². The molecule has 2 aromatic rings. The maximum atomic E-state index is 12.4. The molecule has 0 saturated carbocycles. The van der Waals surface area contributed by atoms with Gasteiger partial charge in [0.25, 0.3) is 0 Å². The van der Waals surface area contributed by atoms with Crippen molar-refractivity contribution >= 4 is 17.5 Å². The molecule has 2 N–H and O–H groups in total. The Morgan fingerprint density at radius 1 is 1.13 bits per heavy atom. The minimum atomic E-state index is -0.812. The van der Waals surface area contributed by atoms with Crippen molar-refractivity contribution in [3.8, 4) is 11.8 Å². The van der Waals surface area contributed by atoms with Crippen LogP contribution >= 0.6 is 0 Å². The molecule has 1 atom stereocenters. The van der Waals surface area contributed by atoms with Crippen LogP contribution in [0.15, 0.2) is 48.5 Å². The van der Waals surface area contributed by atoms with E-state index in [1.807, 2.05) is 30.3 Å². The number of nitrogens with zero attached hydrogens (tertiary/aromatic N) is 2. The Labute approximate surface area is 175 Å². The third-order valence-corrected chi connectivity index (χ3v) is 4.94. The summed E-state index contributed by atoms with van der Waals surface area (Å²) in [7, 11) is 1.61. The number of rotatable bonds is 6. The number of para-hydroxylation sites is 1. The summed E-state index contributed by atoms with van der Waals surface area (Å²) in [5.74, 6) is -0.818. The summed E-state index contributed by atoms with van der Waals surface area (Å²) in [4.78, 5) is 26.9. The number of nitriles is 1. The fourth-order valence-electron chi connectivity index (χ4n) is 3.31. The zero-order valence-corrected chi connectivity index (χ0v) is 16.8. The summed E-state index contributed by atoms with van der Waals surface area (Å²) < 4.78 is 10.7. The minimum absolute atomic E-state index is 0.108. The third kappa shape index (κ3) is 5.35. The molecule has 3 rings (SSSR count). The van der Waals surface area contributed by atoms with Gasteiger partial charge in [-0.2, -0.15) is 5.26 Å². The number of benzene rings is 2. The van der Waals surface area contributed by atoms with Gasteiger partial charge in [-0.05, 0) is 29.8 Å². The predicted molar refractivity (Wildman–Crippen MR) is 111 cm³/mol. The van der Waals surface area contributed by atoms with E-state index >= 15 is 0 Å². The number of nitrogens with one attached hydrogen (secondary N) is 2. The Morgan fingerprint density at radius 2 is 1.83 bits per heavy atom. The van der Waals surface area contributed by atoms with Gasteiger partial charge in [0.15, 0.2) is 0 Å². The molecule has 0 bridgehead atoms. The van der Waals surface area contributed by atoms with Gasteiger partial charge in [-0.1, -0.05) is 24.3 Å². The van der Waals surface area contributed by atoms with E-state index in [4.69, 9.17) is 14.7 Å². The highest BCUT2D eigenvalue weighted by atomic mass is 16.5. The van der Waals surface area contributed by atoms with E-state index < -0.39 is 11.8 Å². The summed E-state index contributed by atoms with van der Waals surface area (Å²) in [6.45, 7) is 2.96. The summed E-state index contributed by atoms with van der Waals surface area (Å²) in [5.41, 5.74) is 1.61. The van der Waals surface area contributed by atoms with Crippen LogP contribution in [0.3, 0.4) is 0 Å². The Bertz CT molecular complexity index is 917. The molecule has 0 unspecified atom stereocenters. The average Bonchev–Trinajstić information content (AvgIpc) is 2.80. The van der Waals surface area contributed by atoms with Crippen LogP contribution in [0.5, 0.6) is 5.75 Å². The molecule has 8 heteroatoms. The first-order valence-corrected chi connectivity index (χ1v) is 9.66. The number of amides is 2. The number of hydrogen-bond acceptors (Lipinski definition) is 6. The molecule has 1 saturated heterocycles. The van der Waals surface area contributed by atoms with Gasteiger partial charge in [-0.3, -0.25) is 14.5 Å². The van der Waals surface area contributed by atoms with E-state index in [1.54, 1.807) is 31.4 Å². The molecule has 1 aliphatic heterocycles. The van der Waals surface area contributed by atoms with E-state index in [0.29, 0.717) is 24.5 Å². The van der Waals surface area contributed by atoms with Gasteiger partial charge in [0, 0.05) is 19.6 Å². The van der Waals surface area contributed by atoms with Crippen LogP contribution in [0.1, 0.15) is 17.2 Å². The second-order valence-electron chi connectivity index (χ2n) is 6.76. The Hall–Kier alpha value is -3.41. The van der Waals surface area contributed by atoms with Crippen molar-refractivity contribution in [2.24, 2.45) is 0 Å². The topological polar surface area (TPSA) is 104 Å². The van der Waals surface area contributed by atoms with Gasteiger partial charge < -0.3 is 20.1 Å². The zero-order valence-electron chi connectivity index (χ0n) is 16.8. The second kappa shape index (κ2) is 10.4. The van der Waals surface area contributed by atoms with Crippen LogP contribution in [0.2, 0.25) is 0 Å². The van der Waals surface area contributed by atoms with Gasteiger partial charge in [0.2, 0.25) is 0 Å². The van der Waals surface area contributed by atoms with Gasteiger partial charge in [0.1, 0.15) is 11.8 Å². The standard InChI is InChI=1S/C22H24N4O4/c1-29-18-8-6-16(7-9-18)20(26-10-12-30-13-11-26)15-24-21(27)22(28)25-19-5-3-2-4-17(19)14-23/h2-9,20H,10-13,15H2,1H3,(H,24,27)(H,25,28)/t20-/m1/s1. The maximum Gasteiger partial charge on any atom is 0.313 e. The number of methoxy groups -OCH3 is 1. The molecule has 1 heterocycles. The monoisotopic (exact) mass is 408 g/mol. The molecule has 0 aromatic heterocycles. The zero-order chi connectivity index (χ0) is 21.3. The molecule has 8 nitrogen and oxygen atoms in total. The van der Waals surface area contributed by atoms with E-state index in [2.05, 4.69) is 15.5 Å². The van der Waals surface area contributed by atoms with E-state index in [9.17, 15) is 9.59 Å². The smallest absolute Gasteiger partial charge is 0.313 e. The number of ether oxygens (including phenoxy) is 2. The summed E-state index contributed by atoms with van der Waals surface area (Å²) in [6.07, 6.45) is 0. The van der Waals surface area contributed by atoms with E-state index in [-0.39, 0.29) is 12.6 Å². The molecule has 0 spiro atoms. The molecule has 156 valence electrons. The fourth-order valence-corrected chi connectivity index (χ4v) is 3.31. The molecule has 0 aliphatic carbocycles. The number of morpholine rings is 1. The Morgan fingerprint density at radius 3 is 2.50 bits per heavy atom. The SMILES string of the molecule is COc1ccc([C@@H](CNC(=O)C(=O)Nc2ccccc2C#N)N2CCOCC2)cc1. The summed E-state index contributed by atoms with van der Waals surface area (Å²) in [6, 6.07) is 16.1. The average molecular weight is 408 g/mol. The first-order chi connectivity index (χ1) is 14.6. The van der Waals surface area contributed by atoms with Crippen molar-refractivity contribution in [1.82, 2.24) is 10.2 Å². The lowest BCUT2D eigenvalue weighted by molar-refractivity contribution is -0.136. The third-order valence-electron chi connectivity index (χ3n) is 4.94. The highest BCUT2D eigenvalue weighted by Crippen LogP contribution is 2.23. The number of hydrogen-bond donors (Lipinski definition) is 2. The second-order valence-corrected chi connectivity index (χ2v) is 6.76. The Kier molecular flexibility index (Phi) is 7.38. The molecule has 1 aliphatic rings. The van der Waals surface area contributed by atoms with Crippen molar-refractivity contribution in [2.45, 2.75) is 6.04 Å². The predicted octanol–water partition coefficient (Wildman–Crippen LogP) is 1.70. The largest absolute Gasteiger partial charge is 0.497 e. The van der Waals surface area contributed by atoms with Crippen molar-refractivity contribution in [3.05, 3.63) is 59.7 Å². The number of carbonyl (C=O) groups is 2. The van der Waals surface area contributed by atoms with Crippen molar-refractivity contribution in [2.75, 3.05) is 45.3 Å². The van der Waals surface area contributed by atoms with Crippen LogP contribution in [-0.2, 0) is 14.3 Å². The lowest BCUT2D eigenvalue weighted by Gasteiger charge is -2.34. The van der Waals surface area contributed by atoms with Gasteiger partial charge in [0.05, 0.1) is 37.6 Å². The lowest BCUT2D eigenvalue weighted by Crippen LogP contribution is -2.45. The first-order valence-electron chi connectivity index (χ1n) is 9.66. The summed E-state index contributed by atoms with van der Waals surface area (Å²) in [5, 5.41) is 14.3. The van der Waals surface area contributed by atoms with Crippen LogP contribution in [0.25, 0.3) is 0 Å². The first kappa shape index (κ1) is 21.3. The van der Waals surface area contributed by atoms with Gasteiger partial charge >= 0.3 is 11.8 Å². The molecule has 0 radical (unpaired) electrons. The van der Waals surface area contributed by atoms with Crippen LogP contribution in [0, 0.1) is 11.3 Å². The normalized spacial score (nSPS) is 14.9. The molecule has 2 amide bonds. The lowest BCUT2D eigenvalue weighted by atomic mass is 10.0. The van der Waals surface area contributed by atoms with Gasteiger partial charge in [-0.15, -0.1) is 0 Å². The van der Waals surface area contributed by atoms with Crippen molar-refractivity contribution < 1.29 is 19.1 Å². The van der Waals surface area contributed by atoms with Gasteiger partial charge in [-0.25, -0.2) is 0 Å². The summed E-state index contributed by atoms with van der Waals surface area (Å²) >= 11 is 0. The van der Waals surface area contributed by atoms with E-state index in [1.165, 1.54) is 0 Å². The number of anilines is 1. The van der Waals surface area contributed by atoms with Crippen molar-refractivity contribution in [3.63, 3.8) is 0 Å². The maximum absolute atomic E-state index is 12.4. The van der Waals surface area contributed by atoms with Crippen molar-refractivity contribution in [1.29, 1.82) is 5.26 Å². The highest BCUT2D eigenvalue weighted by Gasteiger charge is 2.24. The van der Waals surface area contributed by atoms with Crippen LogP contribution < -0.4 is 15.4 Å². The molecular formula is C22H24N4O4. The fraction of sp³-hybridized carbons (Fsp3) is 0.318. The minimum Gasteiger partial charge on any atom is -0.497 e. The molecular weight excluding hydrogens is 384 g/mol. The molecule has 1 fully saturated rings. The molecule has 2 aromatic carbocycles. The quantitative estimate of drug-likeness (QED) is 0.705. The van der Waals surface area contributed by atoms with E-state index in [0.717, 1.165) is 24.4 Å².